The van der Waals surface area contributed by atoms with Gasteiger partial charge in [-0.1, -0.05) is 18.5 Å². The van der Waals surface area contributed by atoms with Crippen LogP contribution in [-0.4, -0.2) is 55.6 Å². The van der Waals surface area contributed by atoms with Gasteiger partial charge in [0.15, 0.2) is 11.5 Å². The van der Waals surface area contributed by atoms with Gasteiger partial charge in [-0.05, 0) is 31.2 Å². The average Bonchev–Trinajstić information content (AvgIpc) is 3.16. The Morgan fingerprint density at radius 1 is 1.24 bits per heavy atom. The number of morpholine rings is 1. The van der Waals surface area contributed by atoms with Crippen LogP contribution in [0.2, 0.25) is 0 Å². The normalized spacial score (nSPS) is 18.3. The van der Waals surface area contributed by atoms with Gasteiger partial charge in [-0.15, -0.1) is 0 Å². The van der Waals surface area contributed by atoms with Crippen molar-refractivity contribution in [1.82, 2.24) is 15.0 Å². The zero-order valence-corrected chi connectivity index (χ0v) is 15.0. The fraction of sp³-hybridized carbons (Fsp3) is 0.556. The minimum absolute atomic E-state index is 0.0155. The van der Waals surface area contributed by atoms with Gasteiger partial charge >= 0.3 is 0 Å². The second-order valence-electron chi connectivity index (χ2n) is 6.01. The van der Waals surface area contributed by atoms with Crippen LogP contribution >= 0.6 is 0 Å². The second kappa shape index (κ2) is 8.31. The molecule has 7 nitrogen and oxygen atoms in total. The summed E-state index contributed by atoms with van der Waals surface area (Å²) in [6.45, 7) is 5.42. The van der Waals surface area contributed by atoms with Crippen LogP contribution in [0.3, 0.4) is 0 Å². The van der Waals surface area contributed by atoms with Crippen LogP contribution in [0.15, 0.2) is 22.7 Å². The SMILES string of the molecule is CCCCN1CCOCC1c1nc(-c2ccc(OC)c(OC)c2)no1. The summed E-state index contributed by atoms with van der Waals surface area (Å²) in [5, 5.41) is 4.14. The molecular formula is C18H25N3O4. The van der Waals surface area contributed by atoms with E-state index >= 15 is 0 Å². The number of benzene rings is 1. The molecule has 0 radical (unpaired) electrons. The number of methoxy groups -OCH3 is 2. The minimum Gasteiger partial charge on any atom is -0.493 e. The van der Waals surface area contributed by atoms with Gasteiger partial charge in [0.05, 0.1) is 27.4 Å². The summed E-state index contributed by atoms with van der Waals surface area (Å²) in [4.78, 5) is 6.96. The molecule has 136 valence electrons. The molecule has 7 heteroatoms. The average molecular weight is 347 g/mol. The first-order valence-electron chi connectivity index (χ1n) is 8.64. The molecule has 1 fully saturated rings. The third-order valence-electron chi connectivity index (χ3n) is 4.41. The Balaban J connectivity index is 1.81. The predicted molar refractivity (Wildman–Crippen MR) is 92.9 cm³/mol. The van der Waals surface area contributed by atoms with Crippen molar-refractivity contribution in [3.63, 3.8) is 0 Å². The highest BCUT2D eigenvalue weighted by Crippen LogP contribution is 2.32. The van der Waals surface area contributed by atoms with Gasteiger partial charge in [0, 0.05) is 12.1 Å². The van der Waals surface area contributed by atoms with E-state index in [1.54, 1.807) is 14.2 Å². The first-order chi connectivity index (χ1) is 12.3. The van der Waals surface area contributed by atoms with Crippen molar-refractivity contribution in [2.24, 2.45) is 0 Å². The zero-order valence-electron chi connectivity index (χ0n) is 15.0. The fourth-order valence-electron chi connectivity index (χ4n) is 2.96. The highest BCUT2D eigenvalue weighted by molar-refractivity contribution is 5.60. The molecule has 25 heavy (non-hydrogen) atoms. The number of ether oxygens (including phenoxy) is 3. The molecule has 0 amide bonds. The molecule has 1 aromatic carbocycles. The van der Waals surface area contributed by atoms with Gasteiger partial charge in [0.1, 0.15) is 6.04 Å². The second-order valence-corrected chi connectivity index (χ2v) is 6.01. The van der Waals surface area contributed by atoms with Gasteiger partial charge in [-0.2, -0.15) is 4.98 Å². The van der Waals surface area contributed by atoms with Gasteiger partial charge < -0.3 is 18.7 Å². The van der Waals surface area contributed by atoms with Crippen molar-refractivity contribution in [2.45, 2.75) is 25.8 Å². The number of aromatic nitrogens is 2. The molecule has 1 aliphatic rings. The van der Waals surface area contributed by atoms with Crippen LogP contribution in [0.5, 0.6) is 11.5 Å². The van der Waals surface area contributed by atoms with Crippen molar-refractivity contribution in [1.29, 1.82) is 0 Å². The maximum atomic E-state index is 5.62. The van der Waals surface area contributed by atoms with E-state index < -0.39 is 0 Å². The van der Waals surface area contributed by atoms with Crippen LogP contribution in [-0.2, 0) is 4.74 Å². The van der Waals surface area contributed by atoms with E-state index in [0.717, 1.165) is 38.1 Å². The molecule has 1 unspecified atom stereocenters. The quantitative estimate of drug-likeness (QED) is 0.762. The molecule has 0 bridgehead atoms. The molecule has 0 saturated carbocycles. The lowest BCUT2D eigenvalue weighted by atomic mass is 10.2. The standard InChI is InChI=1S/C18H25N3O4/c1-4-5-8-21-9-10-24-12-14(21)18-19-17(20-25-18)13-6-7-15(22-2)16(11-13)23-3/h6-7,11,14H,4-5,8-10,12H2,1-3H3. The number of unbranched alkanes of at least 4 members (excludes halogenated alkanes) is 1. The molecule has 3 rings (SSSR count). The molecule has 2 aromatic rings. The maximum absolute atomic E-state index is 5.62. The highest BCUT2D eigenvalue weighted by atomic mass is 16.5. The molecule has 1 atom stereocenters. The van der Waals surface area contributed by atoms with Gasteiger partial charge in [-0.25, -0.2) is 0 Å². The third kappa shape index (κ3) is 3.93. The zero-order chi connectivity index (χ0) is 17.6. The smallest absolute Gasteiger partial charge is 0.246 e. The van der Waals surface area contributed by atoms with E-state index in [1.165, 1.54) is 0 Å². The number of rotatable bonds is 7. The van der Waals surface area contributed by atoms with E-state index in [0.29, 0.717) is 29.8 Å². The Bertz CT molecular complexity index is 689. The number of hydrogen-bond acceptors (Lipinski definition) is 7. The topological polar surface area (TPSA) is 69.9 Å². The maximum Gasteiger partial charge on any atom is 0.246 e. The van der Waals surface area contributed by atoms with Crippen molar-refractivity contribution < 1.29 is 18.7 Å². The molecule has 1 saturated heterocycles. The fourth-order valence-corrected chi connectivity index (χ4v) is 2.96. The van der Waals surface area contributed by atoms with E-state index in [2.05, 4.69) is 22.0 Å². The first kappa shape index (κ1) is 17.7. The summed E-state index contributed by atoms with van der Waals surface area (Å²) in [6, 6.07) is 5.59. The summed E-state index contributed by atoms with van der Waals surface area (Å²) in [5.74, 6) is 2.44. The summed E-state index contributed by atoms with van der Waals surface area (Å²) in [5.41, 5.74) is 0.824. The van der Waals surface area contributed by atoms with Gasteiger partial charge in [0.2, 0.25) is 11.7 Å². The molecule has 1 aromatic heterocycles. The first-order valence-corrected chi connectivity index (χ1v) is 8.64. The van der Waals surface area contributed by atoms with Crippen LogP contribution in [0.4, 0.5) is 0 Å². The molecule has 0 N–H and O–H groups in total. The van der Waals surface area contributed by atoms with Crippen LogP contribution < -0.4 is 9.47 Å². The van der Waals surface area contributed by atoms with E-state index in [-0.39, 0.29) is 6.04 Å². The lowest BCUT2D eigenvalue weighted by Crippen LogP contribution is -2.40. The van der Waals surface area contributed by atoms with Crippen molar-refractivity contribution in [3.05, 3.63) is 24.1 Å². The van der Waals surface area contributed by atoms with E-state index in [4.69, 9.17) is 18.7 Å². The van der Waals surface area contributed by atoms with E-state index in [1.807, 2.05) is 18.2 Å². The minimum atomic E-state index is 0.0155. The summed E-state index contributed by atoms with van der Waals surface area (Å²) < 4.78 is 21.8. The Labute approximate surface area is 147 Å². The van der Waals surface area contributed by atoms with Crippen LogP contribution in [0.1, 0.15) is 31.7 Å². The Hall–Kier alpha value is -2.12. The van der Waals surface area contributed by atoms with Crippen LogP contribution in [0, 0.1) is 0 Å². The van der Waals surface area contributed by atoms with Crippen molar-refractivity contribution in [3.8, 4) is 22.9 Å². The molecule has 1 aliphatic heterocycles. The van der Waals surface area contributed by atoms with E-state index in [9.17, 15) is 0 Å². The third-order valence-corrected chi connectivity index (χ3v) is 4.41. The molecule has 0 aliphatic carbocycles. The summed E-state index contributed by atoms with van der Waals surface area (Å²) >= 11 is 0. The molecular weight excluding hydrogens is 322 g/mol. The van der Waals surface area contributed by atoms with Crippen molar-refractivity contribution in [2.75, 3.05) is 40.5 Å². The molecule has 2 heterocycles. The van der Waals surface area contributed by atoms with Crippen molar-refractivity contribution >= 4 is 0 Å². The predicted octanol–water partition coefficient (Wildman–Crippen LogP) is 2.93. The van der Waals surface area contributed by atoms with Crippen LogP contribution in [0.25, 0.3) is 11.4 Å². The Morgan fingerprint density at radius 2 is 2.08 bits per heavy atom. The van der Waals surface area contributed by atoms with Gasteiger partial charge in [0.25, 0.3) is 0 Å². The Kier molecular flexibility index (Phi) is 5.88. The molecule has 0 spiro atoms. The largest absolute Gasteiger partial charge is 0.493 e. The monoisotopic (exact) mass is 347 g/mol. The van der Waals surface area contributed by atoms with Gasteiger partial charge in [-0.3, -0.25) is 4.90 Å². The lowest BCUT2D eigenvalue weighted by Gasteiger charge is -2.33. The number of nitrogens with zero attached hydrogens (tertiary/aromatic N) is 3. The lowest BCUT2D eigenvalue weighted by molar-refractivity contribution is -0.0203. The summed E-state index contributed by atoms with van der Waals surface area (Å²) in [6.07, 6.45) is 2.30. The highest BCUT2D eigenvalue weighted by Gasteiger charge is 2.29. The number of hydrogen-bond donors (Lipinski definition) is 0. The summed E-state index contributed by atoms with van der Waals surface area (Å²) in [7, 11) is 3.21. The Morgan fingerprint density at radius 3 is 2.84 bits per heavy atom.